The second-order valence-electron chi connectivity index (χ2n) is 4.55. The monoisotopic (exact) mass is 271 g/mol. The zero-order chi connectivity index (χ0) is 12.9. The molecule has 0 unspecified atom stereocenters. The van der Waals surface area contributed by atoms with Crippen molar-refractivity contribution in [1.29, 1.82) is 5.26 Å². The summed E-state index contributed by atoms with van der Waals surface area (Å²) in [6, 6.07) is 7.37. The Hall–Kier alpha value is -0.910. The normalized spacial score (nSPS) is 11.0. The maximum atomic E-state index is 8.86. The molecule has 0 saturated heterocycles. The Labute approximate surface area is 112 Å². The van der Waals surface area contributed by atoms with Gasteiger partial charge in [0.2, 0.25) is 0 Å². The summed E-state index contributed by atoms with van der Waals surface area (Å²) in [5.41, 5.74) is -0.296. The van der Waals surface area contributed by atoms with Crippen LogP contribution in [-0.4, -0.2) is 6.61 Å². The molecule has 0 atom stereocenters. The zero-order valence-electron chi connectivity index (χ0n) is 9.96. The van der Waals surface area contributed by atoms with Crippen molar-refractivity contribution in [3.8, 4) is 11.8 Å². The van der Waals surface area contributed by atoms with Crippen molar-refractivity contribution < 1.29 is 4.74 Å². The van der Waals surface area contributed by atoms with Gasteiger partial charge in [-0.05, 0) is 44.9 Å². The van der Waals surface area contributed by atoms with Crippen LogP contribution in [0, 0.1) is 16.7 Å². The second-order valence-corrected chi connectivity index (χ2v) is 5.43. The Balaban J connectivity index is 2.39. The van der Waals surface area contributed by atoms with Crippen molar-refractivity contribution in [1.82, 2.24) is 0 Å². The van der Waals surface area contributed by atoms with Gasteiger partial charge in [0.1, 0.15) is 5.75 Å². The first-order valence-corrected chi connectivity index (χ1v) is 6.19. The highest BCUT2D eigenvalue weighted by atomic mass is 35.5. The molecule has 0 amide bonds. The zero-order valence-corrected chi connectivity index (χ0v) is 11.5. The third kappa shape index (κ3) is 5.30. The maximum absolute atomic E-state index is 8.86. The highest BCUT2D eigenvalue weighted by Crippen LogP contribution is 2.25. The van der Waals surface area contributed by atoms with E-state index in [2.05, 4.69) is 6.07 Å². The van der Waals surface area contributed by atoms with Crippen molar-refractivity contribution in [3.05, 3.63) is 28.2 Å². The van der Waals surface area contributed by atoms with E-state index in [0.29, 0.717) is 22.4 Å². The Kier molecular flexibility index (Phi) is 5.11. The predicted octanol–water partition coefficient (Wildman–Crippen LogP) is 4.70. The van der Waals surface area contributed by atoms with Gasteiger partial charge in [0.15, 0.2) is 0 Å². The van der Waals surface area contributed by atoms with Gasteiger partial charge in [-0.3, -0.25) is 0 Å². The quantitative estimate of drug-likeness (QED) is 0.728. The number of rotatable bonds is 5. The van der Waals surface area contributed by atoms with E-state index in [1.807, 2.05) is 13.8 Å². The second kappa shape index (κ2) is 6.14. The van der Waals surface area contributed by atoms with Gasteiger partial charge in [-0.15, -0.1) is 0 Å². The van der Waals surface area contributed by atoms with E-state index in [-0.39, 0.29) is 5.41 Å². The minimum atomic E-state index is -0.296. The molecule has 92 valence electrons. The van der Waals surface area contributed by atoms with Crippen molar-refractivity contribution in [3.63, 3.8) is 0 Å². The van der Waals surface area contributed by atoms with Gasteiger partial charge in [0, 0.05) is 10.0 Å². The van der Waals surface area contributed by atoms with E-state index < -0.39 is 0 Å². The molecule has 0 aliphatic carbocycles. The average Bonchev–Trinajstić information content (AvgIpc) is 2.23. The van der Waals surface area contributed by atoms with Crippen LogP contribution in [0.1, 0.15) is 26.7 Å². The summed E-state index contributed by atoms with van der Waals surface area (Å²) in [7, 11) is 0. The van der Waals surface area contributed by atoms with Crippen LogP contribution in [0.5, 0.6) is 5.75 Å². The van der Waals surface area contributed by atoms with Gasteiger partial charge in [0.25, 0.3) is 0 Å². The molecule has 0 heterocycles. The van der Waals surface area contributed by atoms with Crippen LogP contribution in [-0.2, 0) is 0 Å². The fourth-order valence-corrected chi connectivity index (χ4v) is 1.88. The van der Waals surface area contributed by atoms with Crippen molar-refractivity contribution in [2.45, 2.75) is 26.7 Å². The minimum Gasteiger partial charge on any atom is -0.493 e. The van der Waals surface area contributed by atoms with Gasteiger partial charge in [-0.2, -0.15) is 5.26 Å². The fraction of sp³-hybridized carbons (Fsp3) is 0.462. The SMILES string of the molecule is CC(C)(C#N)CCCOc1cc(Cl)cc(Cl)c1. The highest BCUT2D eigenvalue weighted by Gasteiger charge is 2.15. The summed E-state index contributed by atoms with van der Waals surface area (Å²) in [5.74, 6) is 0.664. The van der Waals surface area contributed by atoms with Crippen LogP contribution < -0.4 is 4.74 Å². The molecule has 0 aromatic heterocycles. The number of ether oxygens (including phenoxy) is 1. The summed E-state index contributed by atoms with van der Waals surface area (Å²) < 4.78 is 5.53. The van der Waals surface area contributed by atoms with Crippen molar-refractivity contribution >= 4 is 23.2 Å². The lowest BCUT2D eigenvalue weighted by Gasteiger charge is -2.14. The summed E-state index contributed by atoms with van der Waals surface area (Å²) in [6.45, 7) is 4.40. The molecule has 0 fully saturated rings. The fourth-order valence-electron chi connectivity index (χ4n) is 1.37. The van der Waals surface area contributed by atoms with Crippen molar-refractivity contribution in [2.24, 2.45) is 5.41 Å². The molecule has 0 radical (unpaired) electrons. The number of hydrogen-bond donors (Lipinski definition) is 0. The van der Waals surface area contributed by atoms with Crippen LogP contribution in [0.25, 0.3) is 0 Å². The molecule has 0 aliphatic heterocycles. The molecule has 17 heavy (non-hydrogen) atoms. The lowest BCUT2D eigenvalue weighted by Crippen LogP contribution is -2.10. The smallest absolute Gasteiger partial charge is 0.122 e. The highest BCUT2D eigenvalue weighted by molar-refractivity contribution is 6.34. The van der Waals surface area contributed by atoms with Crippen molar-refractivity contribution in [2.75, 3.05) is 6.61 Å². The molecule has 0 aliphatic rings. The largest absolute Gasteiger partial charge is 0.493 e. The average molecular weight is 272 g/mol. The lowest BCUT2D eigenvalue weighted by atomic mass is 9.90. The van der Waals surface area contributed by atoms with E-state index in [0.717, 1.165) is 12.8 Å². The molecule has 2 nitrogen and oxygen atoms in total. The molecule has 0 saturated carbocycles. The molecular formula is C13H15Cl2NO. The van der Waals surface area contributed by atoms with Crippen LogP contribution in [0.3, 0.4) is 0 Å². The summed E-state index contributed by atoms with van der Waals surface area (Å²) >= 11 is 11.7. The number of halogens is 2. The number of nitrogens with zero attached hydrogens (tertiary/aromatic N) is 1. The summed E-state index contributed by atoms with van der Waals surface area (Å²) in [5, 5.41) is 9.98. The van der Waals surface area contributed by atoms with E-state index in [9.17, 15) is 0 Å². The third-order valence-corrected chi connectivity index (χ3v) is 2.79. The minimum absolute atomic E-state index is 0.296. The van der Waals surface area contributed by atoms with Gasteiger partial charge in [-0.1, -0.05) is 23.2 Å². The molecule has 0 bridgehead atoms. The molecule has 1 rings (SSSR count). The topological polar surface area (TPSA) is 33.0 Å². The van der Waals surface area contributed by atoms with Gasteiger partial charge < -0.3 is 4.74 Å². The maximum Gasteiger partial charge on any atom is 0.122 e. The summed E-state index contributed by atoms with van der Waals surface area (Å²) in [4.78, 5) is 0. The van der Waals surface area contributed by atoms with E-state index in [4.69, 9.17) is 33.2 Å². The molecular weight excluding hydrogens is 257 g/mol. The Morgan fingerprint density at radius 3 is 2.35 bits per heavy atom. The Bertz CT molecular complexity index is 404. The van der Waals surface area contributed by atoms with Gasteiger partial charge >= 0.3 is 0 Å². The lowest BCUT2D eigenvalue weighted by molar-refractivity contribution is 0.284. The first kappa shape index (κ1) is 14.2. The molecule has 0 spiro atoms. The molecule has 0 N–H and O–H groups in total. The summed E-state index contributed by atoms with van der Waals surface area (Å²) in [6.07, 6.45) is 1.63. The van der Waals surface area contributed by atoms with E-state index in [1.165, 1.54) is 0 Å². The van der Waals surface area contributed by atoms with E-state index in [1.54, 1.807) is 18.2 Å². The van der Waals surface area contributed by atoms with E-state index >= 15 is 0 Å². The first-order chi connectivity index (χ1) is 7.93. The molecule has 1 aromatic carbocycles. The molecule has 1 aromatic rings. The number of nitriles is 1. The van der Waals surface area contributed by atoms with Crippen LogP contribution in [0.4, 0.5) is 0 Å². The van der Waals surface area contributed by atoms with Crippen LogP contribution in [0.15, 0.2) is 18.2 Å². The Morgan fingerprint density at radius 1 is 1.24 bits per heavy atom. The molecule has 4 heteroatoms. The third-order valence-electron chi connectivity index (χ3n) is 2.35. The number of benzene rings is 1. The van der Waals surface area contributed by atoms with Gasteiger partial charge in [-0.25, -0.2) is 0 Å². The number of hydrogen-bond acceptors (Lipinski definition) is 2. The standard InChI is InChI=1S/C13H15Cl2NO/c1-13(2,9-16)4-3-5-17-12-7-10(14)6-11(15)8-12/h6-8H,3-5H2,1-2H3. The van der Waals surface area contributed by atoms with Crippen LogP contribution >= 0.6 is 23.2 Å². The first-order valence-electron chi connectivity index (χ1n) is 5.43. The Morgan fingerprint density at radius 2 is 1.82 bits per heavy atom. The predicted molar refractivity (Wildman–Crippen MR) is 70.6 cm³/mol. The van der Waals surface area contributed by atoms with Crippen LogP contribution in [0.2, 0.25) is 10.0 Å². The van der Waals surface area contributed by atoms with Gasteiger partial charge in [0.05, 0.1) is 18.1 Å².